The van der Waals surface area contributed by atoms with E-state index in [2.05, 4.69) is 264 Å². The van der Waals surface area contributed by atoms with Crippen molar-refractivity contribution in [2.75, 3.05) is 4.90 Å². The average Bonchev–Trinajstić information content (AvgIpc) is 3.98. The summed E-state index contributed by atoms with van der Waals surface area (Å²) in [6, 6.07) is 89.2. The Balaban J connectivity index is 0.983. The molecule has 304 valence electrons. The molecule has 0 radical (unpaired) electrons. The fraction of sp³-hybridized carbons (Fsp3) is 0.0159. The summed E-state index contributed by atoms with van der Waals surface area (Å²) in [5, 5.41) is 2.42. The van der Waals surface area contributed by atoms with E-state index in [0.717, 1.165) is 28.3 Å². The Morgan fingerprint density at radius 1 is 0.323 bits per heavy atom. The molecule has 0 amide bonds. The van der Waals surface area contributed by atoms with Gasteiger partial charge in [0.1, 0.15) is 0 Å². The zero-order chi connectivity index (χ0) is 42.9. The van der Waals surface area contributed by atoms with Gasteiger partial charge in [0.05, 0.1) is 16.4 Å². The van der Waals surface area contributed by atoms with Gasteiger partial charge >= 0.3 is 0 Å². The SMILES string of the molecule is C(=Cc1ccc(N(c2ccccc2)c2ccc3c(c2)c2cc(-c4ccc5c(c4)C4(c6ccccc6-c6ccccc64)c4ccccc4-5)ccc2n3-c2ccccc2)cc1)c1ccccc1. The van der Waals surface area contributed by atoms with E-state index in [1.54, 1.807) is 0 Å². The molecule has 0 bridgehead atoms. The van der Waals surface area contributed by atoms with Gasteiger partial charge in [-0.15, -0.1) is 0 Å². The van der Waals surface area contributed by atoms with E-state index < -0.39 is 5.41 Å². The van der Waals surface area contributed by atoms with Crippen LogP contribution in [0.25, 0.3) is 73.0 Å². The molecule has 1 aromatic heterocycles. The molecular weight excluding hydrogens is 785 g/mol. The lowest BCUT2D eigenvalue weighted by molar-refractivity contribution is 0.794. The predicted octanol–water partition coefficient (Wildman–Crippen LogP) is 16.4. The zero-order valence-corrected chi connectivity index (χ0v) is 35.6. The summed E-state index contributed by atoms with van der Waals surface area (Å²) in [7, 11) is 0. The van der Waals surface area contributed by atoms with E-state index in [-0.39, 0.29) is 0 Å². The highest BCUT2D eigenvalue weighted by molar-refractivity contribution is 6.12. The first-order valence-electron chi connectivity index (χ1n) is 22.5. The van der Waals surface area contributed by atoms with Gasteiger partial charge in [-0.3, -0.25) is 0 Å². The number of hydrogen-bond acceptors (Lipinski definition) is 1. The first-order valence-corrected chi connectivity index (χ1v) is 22.5. The van der Waals surface area contributed by atoms with Crippen LogP contribution in [0.3, 0.4) is 0 Å². The van der Waals surface area contributed by atoms with Crippen LogP contribution in [-0.2, 0) is 5.41 Å². The van der Waals surface area contributed by atoms with Crippen molar-refractivity contribution in [3.63, 3.8) is 0 Å². The molecule has 2 aliphatic carbocycles. The molecule has 0 atom stereocenters. The maximum absolute atomic E-state index is 2.49. The molecule has 13 rings (SSSR count). The van der Waals surface area contributed by atoms with Gasteiger partial charge in [0.2, 0.25) is 0 Å². The van der Waals surface area contributed by atoms with Crippen LogP contribution in [0.4, 0.5) is 17.1 Å². The van der Waals surface area contributed by atoms with Gasteiger partial charge in [0, 0.05) is 33.5 Å². The van der Waals surface area contributed by atoms with Gasteiger partial charge < -0.3 is 9.47 Å². The van der Waals surface area contributed by atoms with Crippen molar-refractivity contribution in [2.24, 2.45) is 0 Å². The highest BCUT2D eigenvalue weighted by Crippen LogP contribution is 2.63. The van der Waals surface area contributed by atoms with Gasteiger partial charge in [-0.2, -0.15) is 0 Å². The summed E-state index contributed by atoms with van der Waals surface area (Å²) in [6.07, 6.45) is 4.35. The number of rotatable bonds is 7. The third-order valence-corrected chi connectivity index (χ3v) is 13.8. The van der Waals surface area contributed by atoms with E-state index >= 15 is 0 Å². The van der Waals surface area contributed by atoms with Crippen LogP contribution >= 0.6 is 0 Å². The average molecular weight is 827 g/mol. The molecule has 0 aliphatic heterocycles. The van der Waals surface area contributed by atoms with Gasteiger partial charge in [-0.1, -0.05) is 182 Å². The normalized spacial score (nSPS) is 13.0. The summed E-state index contributed by atoms with van der Waals surface area (Å²) < 4.78 is 2.42. The number of fused-ring (bicyclic) bond motifs is 13. The minimum Gasteiger partial charge on any atom is -0.310 e. The monoisotopic (exact) mass is 826 g/mol. The summed E-state index contributed by atoms with van der Waals surface area (Å²) in [5.74, 6) is 0. The molecule has 0 saturated heterocycles. The Hall–Kier alpha value is -8.46. The number of aromatic nitrogens is 1. The van der Waals surface area contributed by atoms with Crippen molar-refractivity contribution >= 4 is 51.0 Å². The Kier molecular flexibility index (Phi) is 8.47. The van der Waals surface area contributed by atoms with Crippen molar-refractivity contribution in [3.8, 4) is 39.1 Å². The van der Waals surface area contributed by atoms with Gasteiger partial charge in [-0.25, -0.2) is 0 Å². The highest BCUT2D eigenvalue weighted by atomic mass is 15.1. The van der Waals surface area contributed by atoms with Gasteiger partial charge in [-0.05, 0) is 140 Å². The van der Waals surface area contributed by atoms with E-state index in [0.29, 0.717) is 0 Å². The highest BCUT2D eigenvalue weighted by Gasteiger charge is 2.51. The molecule has 2 heteroatoms. The van der Waals surface area contributed by atoms with Crippen LogP contribution in [0.2, 0.25) is 0 Å². The molecule has 0 N–H and O–H groups in total. The lowest BCUT2D eigenvalue weighted by Crippen LogP contribution is -2.25. The second-order valence-electron chi connectivity index (χ2n) is 17.3. The molecule has 1 heterocycles. The summed E-state index contributed by atoms with van der Waals surface area (Å²) >= 11 is 0. The zero-order valence-electron chi connectivity index (χ0n) is 35.6. The first-order chi connectivity index (χ1) is 32.2. The lowest BCUT2D eigenvalue weighted by atomic mass is 9.70. The lowest BCUT2D eigenvalue weighted by Gasteiger charge is -2.30. The van der Waals surface area contributed by atoms with E-state index in [1.807, 2.05) is 0 Å². The van der Waals surface area contributed by atoms with Crippen LogP contribution < -0.4 is 4.90 Å². The molecule has 2 aliphatic rings. The second-order valence-corrected chi connectivity index (χ2v) is 17.3. The Morgan fingerprint density at radius 2 is 0.769 bits per heavy atom. The minimum absolute atomic E-state index is 0.394. The fourth-order valence-corrected chi connectivity index (χ4v) is 11.0. The third kappa shape index (κ3) is 5.74. The molecule has 0 unspecified atom stereocenters. The van der Waals surface area contributed by atoms with Crippen molar-refractivity contribution in [1.82, 2.24) is 4.57 Å². The quantitative estimate of drug-likeness (QED) is 0.145. The van der Waals surface area contributed by atoms with E-state index in [9.17, 15) is 0 Å². The third-order valence-electron chi connectivity index (χ3n) is 13.8. The second kappa shape index (κ2) is 14.8. The van der Waals surface area contributed by atoms with Gasteiger partial charge in [0.15, 0.2) is 0 Å². The largest absolute Gasteiger partial charge is 0.310 e. The maximum Gasteiger partial charge on any atom is 0.0725 e. The Bertz CT molecular complexity index is 3570. The van der Waals surface area contributed by atoms with Crippen molar-refractivity contribution < 1.29 is 0 Å². The smallest absolute Gasteiger partial charge is 0.0725 e. The number of hydrogen-bond donors (Lipinski definition) is 0. The molecular formula is C63H42N2. The summed E-state index contributed by atoms with van der Waals surface area (Å²) in [6.45, 7) is 0. The Morgan fingerprint density at radius 3 is 1.40 bits per heavy atom. The molecule has 0 fully saturated rings. The van der Waals surface area contributed by atoms with Crippen molar-refractivity contribution in [3.05, 3.63) is 276 Å². The minimum atomic E-state index is -0.394. The fourth-order valence-electron chi connectivity index (χ4n) is 11.0. The standard InChI is InChI=1S/C63H42N2/c1-4-16-43(17-5-1)28-29-44-30-34-49(35-31-44)64(47-18-6-2-7-19-47)50-36-39-62-56(42-50)55-40-45(33-38-61(55)65(62)48-20-8-3-9-21-48)46-32-37-54-53-24-12-15-27-59(53)63(60(54)41-46)57-25-13-10-22-51(57)52-23-11-14-26-58(52)63/h1-42H. The predicted molar refractivity (Wildman–Crippen MR) is 273 cm³/mol. The number of benzene rings is 10. The van der Waals surface area contributed by atoms with Crippen molar-refractivity contribution in [2.45, 2.75) is 5.41 Å². The number of nitrogens with zero attached hydrogens (tertiary/aromatic N) is 2. The molecule has 65 heavy (non-hydrogen) atoms. The molecule has 1 spiro atoms. The van der Waals surface area contributed by atoms with Gasteiger partial charge in [0.25, 0.3) is 0 Å². The van der Waals surface area contributed by atoms with E-state index in [4.69, 9.17) is 0 Å². The van der Waals surface area contributed by atoms with Crippen molar-refractivity contribution in [1.29, 1.82) is 0 Å². The number of para-hydroxylation sites is 2. The van der Waals surface area contributed by atoms with Crippen LogP contribution in [0, 0.1) is 0 Å². The van der Waals surface area contributed by atoms with Crippen LogP contribution in [0.1, 0.15) is 33.4 Å². The molecule has 10 aromatic carbocycles. The first kappa shape index (κ1) is 37.1. The Labute approximate surface area is 379 Å². The van der Waals surface area contributed by atoms with E-state index in [1.165, 1.54) is 83.0 Å². The number of anilines is 3. The maximum atomic E-state index is 2.49. The topological polar surface area (TPSA) is 8.17 Å². The van der Waals surface area contributed by atoms with Crippen LogP contribution in [-0.4, -0.2) is 4.57 Å². The van der Waals surface area contributed by atoms with Crippen LogP contribution in [0.5, 0.6) is 0 Å². The van der Waals surface area contributed by atoms with Crippen LogP contribution in [0.15, 0.2) is 243 Å². The summed E-state index contributed by atoms with van der Waals surface area (Å²) in [5.41, 5.74) is 21.9. The molecule has 11 aromatic rings. The molecule has 2 nitrogen and oxygen atoms in total. The summed E-state index contributed by atoms with van der Waals surface area (Å²) in [4.78, 5) is 2.37. The molecule has 0 saturated carbocycles.